The monoisotopic (exact) mass is 364 g/mol. The number of nitrogens with one attached hydrogen (secondary N) is 2. The molecule has 0 heterocycles. The molecule has 0 radical (unpaired) electrons. The number of allylic oxidation sites excluding steroid dienone is 2. The van der Waals surface area contributed by atoms with E-state index in [9.17, 15) is 13.2 Å². The molecule has 5 nitrogen and oxygen atoms in total. The molecule has 1 amide bonds. The van der Waals surface area contributed by atoms with Crippen molar-refractivity contribution in [2.45, 2.75) is 40.0 Å². The molecular weight excluding hydrogens is 336 g/mol. The van der Waals surface area contributed by atoms with Crippen LogP contribution in [0.4, 0.5) is 0 Å². The highest BCUT2D eigenvalue weighted by Gasteiger charge is 2.60. The number of hydrogen-bond acceptors (Lipinski definition) is 3. The second kappa shape index (κ2) is 7.30. The van der Waals surface area contributed by atoms with Crippen LogP contribution in [-0.2, 0) is 27.1 Å². The van der Waals surface area contributed by atoms with Crippen molar-refractivity contribution in [3.05, 3.63) is 47.0 Å². The Labute approximate surface area is 151 Å². The van der Waals surface area contributed by atoms with Crippen molar-refractivity contribution in [2.24, 2.45) is 17.3 Å². The van der Waals surface area contributed by atoms with Gasteiger partial charge in [0.15, 0.2) is 0 Å². The summed E-state index contributed by atoms with van der Waals surface area (Å²) in [7, 11) is -1.95. The number of amides is 1. The zero-order valence-corrected chi connectivity index (χ0v) is 16.4. The maximum absolute atomic E-state index is 12.6. The second-order valence-corrected chi connectivity index (χ2v) is 9.44. The lowest BCUT2D eigenvalue weighted by molar-refractivity contribution is -0.123. The van der Waals surface area contributed by atoms with Gasteiger partial charge in [0.2, 0.25) is 15.9 Å². The van der Waals surface area contributed by atoms with E-state index in [2.05, 4.69) is 30.0 Å². The van der Waals surface area contributed by atoms with Gasteiger partial charge in [0.25, 0.3) is 0 Å². The van der Waals surface area contributed by atoms with Gasteiger partial charge >= 0.3 is 0 Å². The van der Waals surface area contributed by atoms with E-state index < -0.39 is 10.0 Å². The first-order valence-corrected chi connectivity index (χ1v) is 10.1. The van der Waals surface area contributed by atoms with Crippen LogP contribution >= 0.6 is 0 Å². The molecule has 2 unspecified atom stereocenters. The summed E-state index contributed by atoms with van der Waals surface area (Å²) in [6, 6.07) is 7.29. The number of carbonyl (C=O) groups excluding carboxylic acids is 1. The summed E-state index contributed by atoms with van der Waals surface area (Å²) in [5.74, 6) is 0.164. The van der Waals surface area contributed by atoms with Crippen LogP contribution in [0.2, 0.25) is 0 Å². The zero-order chi connectivity index (χ0) is 18.8. The fraction of sp³-hybridized carbons (Fsp3) is 0.526. The number of benzene rings is 1. The van der Waals surface area contributed by atoms with Gasteiger partial charge in [-0.05, 0) is 43.4 Å². The molecule has 1 saturated carbocycles. The number of rotatable bonds is 7. The largest absolute Gasteiger partial charge is 0.352 e. The van der Waals surface area contributed by atoms with Gasteiger partial charge in [0.05, 0.1) is 11.7 Å². The summed E-state index contributed by atoms with van der Waals surface area (Å²) in [6.07, 6.45) is 2.16. The standard InChI is InChI=1S/C19H28N2O3S/c1-13(2)10-16-17(19(16,3)4)18(22)21-11-14-8-6-7-9-15(14)12-25(23,24)20-5/h6-10,16-17,20H,11-12H2,1-5H3,(H,21,22). The molecule has 0 aliphatic heterocycles. The smallest absolute Gasteiger partial charge is 0.224 e. The van der Waals surface area contributed by atoms with E-state index in [1.165, 1.54) is 12.6 Å². The molecule has 138 valence electrons. The Hall–Kier alpha value is -1.66. The van der Waals surface area contributed by atoms with Crippen molar-refractivity contribution in [1.82, 2.24) is 10.0 Å². The average Bonchev–Trinajstić information content (AvgIpc) is 3.05. The quantitative estimate of drug-likeness (QED) is 0.730. The van der Waals surface area contributed by atoms with Crippen molar-refractivity contribution in [1.29, 1.82) is 0 Å². The van der Waals surface area contributed by atoms with Gasteiger partial charge in [-0.1, -0.05) is 49.8 Å². The van der Waals surface area contributed by atoms with E-state index in [0.717, 1.165) is 5.56 Å². The van der Waals surface area contributed by atoms with Crippen LogP contribution in [0.3, 0.4) is 0 Å². The van der Waals surface area contributed by atoms with Crippen LogP contribution in [0, 0.1) is 17.3 Å². The topological polar surface area (TPSA) is 75.3 Å². The van der Waals surface area contributed by atoms with Crippen LogP contribution in [0.25, 0.3) is 0 Å². The zero-order valence-electron chi connectivity index (χ0n) is 15.6. The van der Waals surface area contributed by atoms with Crippen LogP contribution in [-0.4, -0.2) is 21.4 Å². The Morgan fingerprint density at radius 2 is 1.80 bits per heavy atom. The van der Waals surface area contributed by atoms with E-state index in [1.807, 2.05) is 26.0 Å². The molecule has 1 fully saturated rings. The van der Waals surface area contributed by atoms with Crippen LogP contribution in [0.5, 0.6) is 0 Å². The van der Waals surface area contributed by atoms with Gasteiger partial charge in [-0.25, -0.2) is 13.1 Å². The number of carbonyl (C=O) groups is 1. The lowest BCUT2D eigenvalue weighted by Gasteiger charge is -2.11. The molecular formula is C19H28N2O3S. The molecule has 0 aromatic heterocycles. The minimum Gasteiger partial charge on any atom is -0.352 e. The minimum atomic E-state index is -3.35. The molecule has 0 saturated heterocycles. The highest BCUT2D eigenvalue weighted by molar-refractivity contribution is 7.88. The highest BCUT2D eigenvalue weighted by Crippen LogP contribution is 2.59. The van der Waals surface area contributed by atoms with E-state index >= 15 is 0 Å². The predicted molar refractivity (Wildman–Crippen MR) is 100 cm³/mol. The molecule has 1 aromatic rings. The van der Waals surface area contributed by atoms with Crippen molar-refractivity contribution in [3.8, 4) is 0 Å². The summed E-state index contributed by atoms with van der Waals surface area (Å²) >= 11 is 0. The van der Waals surface area contributed by atoms with Crippen LogP contribution in [0.15, 0.2) is 35.9 Å². The average molecular weight is 365 g/mol. The lowest BCUT2D eigenvalue weighted by Crippen LogP contribution is -2.27. The predicted octanol–water partition coefficient (Wildman–Crippen LogP) is 2.59. The molecule has 1 aliphatic carbocycles. The first kappa shape index (κ1) is 19.7. The van der Waals surface area contributed by atoms with Gasteiger partial charge in [-0.3, -0.25) is 4.79 Å². The highest BCUT2D eigenvalue weighted by atomic mass is 32.2. The molecule has 6 heteroatoms. The Kier molecular flexibility index (Phi) is 5.74. The number of sulfonamides is 1. The molecule has 2 rings (SSSR count). The van der Waals surface area contributed by atoms with E-state index in [1.54, 1.807) is 12.1 Å². The Morgan fingerprint density at radius 3 is 2.36 bits per heavy atom. The molecule has 0 spiro atoms. The van der Waals surface area contributed by atoms with Gasteiger partial charge in [-0.2, -0.15) is 0 Å². The maximum atomic E-state index is 12.6. The lowest BCUT2D eigenvalue weighted by atomic mass is 10.1. The van der Waals surface area contributed by atoms with E-state index in [0.29, 0.717) is 12.1 Å². The Bertz CT molecular complexity index is 778. The molecule has 1 aromatic carbocycles. The van der Waals surface area contributed by atoms with Crippen molar-refractivity contribution in [2.75, 3.05) is 7.05 Å². The summed E-state index contributed by atoms with van der Waals surface area (Å²) in [5.41, 5.74) is 2.71. The van der Waals surface area contributed by atoms with Gasteiger partial charge in [0, 0.05) is 6.54 Å². The third-order valence-electron chi connectivity index (χ3n) is 4.93. The molecule has 2 N–H and O–H groups in total. The van der Waals surface area contributed by atoms with Crippen molar-refractivity contribution in [3.63, 3.8) is 0 Å². The second-order valence-electron chi connectivity index (χ2n) is 7.52. The van der Waals surface area contributed by atoms with Gasteiger partial charge in [0.1, 0.15) is 0 Å². The normalized spacial score (nSPS) is 21.5. The first-order chi connectivity index (χ1) is 11.6. The summed E-state index contributed by atoms with van der Waals surface area (Å²) in [6.45, 7) is 8.63. The van der Waals surface area contributed by atoms with Crippen molar-refractivity contribution < 1.29 is 13.2 Å². The fourth-order valence-corrected chi connectivity index (χ4v) is 4.12. The summed E-state index contributed by atoms with van der Waals surface area (Å²) in [5, 5.41) is 2.98. The summed E-state index contributed by atoms with van der Waals surface area (Å²) < 4.78 is 25.9. The van der Waals surface area contributed by atoms with E-state index in [-0.39, 0.29) is 28.9 Å². The number of hydrogen-bond donors (Lipinski definition) is 2. The fourth-order valence-electron chi connectivity index (χ4n) is 3.29. The molecule has 1 aliphatic rings. The molecule has 2 atom stereocenters. The van der Waals surface area contributed by atoms with Gasteiger partial charge < -0.3 is 5.32 Å². The summed E-state index contributed by atoms with van der Waals surface area (Å²) in [4.78, 5) is 12.6. The minimum absolute atomic E-state index is 0.0266. The van der Waals surface area contributed by atoms with Gasteiger partial charge in [-0.15, -0.1) is 0 Å². The third-order valence-corrected chi connectivity index (χ3v) is 6.25. The van der Waals surface area contributed by atoms with Crippen LogP contribution < -0.4 is 10.0 Å². The third kappa shape index (κ3) is 4.70. The maximum Gasteiger partial charge on any atom is 0.224 e. The van der Waals surface area contributed by atoms with Crippen molar-refractivity contribution >= 4 is 15.9 Å². The van der Waals surface area contributed by atoms with E-state index in [4.69, 9.17) is 0 Å². The molecule has 25 heavy (non-hydrogen) atoms. The molecule has 0 bridgehead atoms. The first-order valence-electron chi connectivity index (χ1n) is 8.49. The Morgan fingerprint density at radius 1 is 1.20 bits per heavy atom. The van der Waals surface area contributed by atoms with Crippen LogP contribution in [0.1, 0.15) is 38.8 Å². The Balaban J connectivity index is 2.05. The SMILES string of the molecule is CNS(=O)(=O)Cc1ccccc1CNC(=O)C1C(C=C(C)C)C1(C)C.